The second-order valence-corrected chi connectivity index (χ2v) is 4.03. The average molecular weight is 287 g/mol. The number of hydrogen-bond acceptors (Lipinski definition) is 2. The van der Waals surface area contributed by atoms with Crippen molar-refractivity contribution in [2.75, 3.05) is 19.8 Å². The lowest BCUT2D eigenvalue weighted by Gasteiger charge is -2.07. The van der Waals surface area contributed by atoms with Gasteiger partial charge in [0.05, 0.1) is 6.61 Å². The lowest BCUT2D eigenvalue weighted by molar-refractivity contribution is -0.174. The van der Waals surface area contributed by atoms with E-state index in [0.29, 0.717) is 6.54 Å². The first-order chi connectivity index (χ1) is 9.47. The van der Waals surface area contributed by atoms with Gasteiger partial charge in [0.2, 0.25) is 5.91 Å². The monoisotopic (exact) mass is 287 g/mol. The number of hydrogen-bond donors (Lipinski definition) is 1. The van der Waals surface area contributed by atoms with Crippen LogP contribution in [0.25, 0.3) is 6.08 Å². The second kappa shape index (κ2) is 8.37. The smallest absolute Gasteiger partial charge is 0.372 e. The summed E-state index contributed by atoms with van der Waals surface area (Å²) in [5, 5.41) is 2.56. The molecule has 1 amide bonds. The molecular weight excluding hydrogens is 271 g/mol. The zero-order chi connectivity index (χ0) is 14.8. The van der Waals surface area contributed by atoms with Crippen molar-refractivity contribution in [3.63, 3.8) is 0 Å². The molecule has 1 rings (SSSR count). The average Bonchev–Trinajstić information content (AvgIpc) is 2.40. The highest BCUT2D eigenvalue weighted by Gasteiger charge is 2.27. The van der Waals surface area contributed by atoms with Crippen LogP contribution in [-0.4, -0.2) is 31.8 Å². The number of carbonyl (C=O) groups is 1. The molecule has 0 aromatic heterocycles. The molecule has 0 saturated heterocycles. The van der Waals surface area contributed by atoms with Gasteiger partial charge in [-0.15, -0.1) is 0 Å². The molecule has 0 unspecified atom stereocenters. The summed E-state index contributed by atoms with van der Waals surface area (Å²) in [6.07, 6.45) is -0.825. The van der Waals surface area contributed by atoms with E-state index in [1.54, 1.807) is 6.08 Å². The normalized spacial score (nSPS) is 11.8. The van der Waals surface area contributed by atoms with Crippen LogP contribution in [0, 0.1) is 0 Å². The van der Waals surface area contributed by atoms with E-state index in [1.807, 2.05) is 36.4 Å². The van der Waals surface area contributed by atoms with Gasteiger partial charge in [0, 0.05) is 13.0 Å². The molecule has 6 heteroatoms. The van der Waals surface area contributed by atoms with E-state index in [0.717, 1.165) is 5.56 Å². The van der Waals surface area contributed by atoms with E-state index in [9.17, 15) is 18.0 Å². The fourth-order valence-corrected chi connectivity index (χ4v) is 1.37. The third-order valence-electron chi connectivity index (χ3n) is 2.27. The quantitative estimate of drug-likeness (QED) is 0.783. The molecule has 0 aliphatic rings. The molecular formula is C14H16F3NO2. The number of alkyl halides is 3. The fourth-order valence-electron chi connectivity index (χ4n) is 1.37. The van der Waals surface area contributed by atoms with Gasteiger partial charge in [0.15, 0.2) is 0 Å². The van der Waals surface area contributed by atoms with Gasteiger partial charge in [0.1, 0.15) is 6.61 Å². The first-order valence-electron chi connectivity index (χ1n) is 6.10. The van der Waals surface area contributed by atoms with E-state index < -0.39 is 12.8 Å². The molecule has 1 aromatic carbocycles. The summed E-state index contributed by atoms with van der Waals surface area (Å²) in [5.74, 6) is -0.343. The SMILES string of the molecule is O=C(CCOCC(F)(F)F)NCC=Cc1ccccc1. The van der Waals surface area contributed by atoms with E-state index in [-0.39, 0.29) is 18.9 Å². The van der Waals surface area contributed by atoms with Crippen LogP contribution in [0.2, 0.25) is 0 Å². The Kier molecular flexibility index (Phi) is 6.79. The number of nitrogens with one attached hydrogen (secondary N) is 1. The Balaban J connectivity index is 2.10. The molecule has 0 heterocycles. The molecule has 0 aliphatic heterocycles. The van der Waals surface area contributed by atoms with E-state index in [1.165, 1.54) is 0 Å². The van der Waals surface area contributed by atoms with Gasteiger partial charge >= 0.3 is 6.18 Å². The van der Waals surface area contributed by atoms with Crippen molar-refractivity contribution in [2.45, 2.75) is 12.6 Å². The summed E-state index contributed by atoms with van der Waals surface area (Å²) < 4.78 is 39.6. The lowest BCUT2D eigenvalue weighted by Crippen LogP contribution is -2.25. The second-order valence-electron chi connectivity index (χ2n) is 4.03. The Hall–Kier alpha value is -1.82. The number of amides is 1. The molecule has 110 valence electrons. The minimum Gasteiger partial charge on any atom is -0.372 e. The highest BCUT2D eigenvalue weighted by molar-refractivity contribution is 5.76. The Morgan fingerprint density at radius 1 is 1.25 bits per heavy atom. The molecule has 0 spiro atoms. The summed E-state index contributed by atoms with van der Waals surface area (Å²) in [4.78, 5) is 11.3. The van der Waals surface area contributed by atoms with Gasteiger partial charge in [-0.05, 0) is 5.56 Å². The zero-order valence-electron chi connectivity index (χ0n) is 10.8. The van der Waals surface area contributed by atoms with Crippen LogP contribution in [0.4, 0.5) is 13.2 Å². The van der Waals surface area contributed by atoms with E-state index >= 15 is 0 Å². The first kappa shape index (κ1) is 16.2. The number of halogens is 3. The number of ether oxygens (including phenoxy) is 1. The number of rotatable bonds is 7. The Morgan fingerprint density at radius 3 is 2.60 bits per heavy atom. The van der Waals surface area contributed by atoms with Crippen LogP contribution in [0.5, 0.6) is 0 Å². The van der Waals surface area contributed by atoms with Crippen molar-refractivity contribution in [3.8, 4) is 0 Å². The van der Waals surface area contributed by atoms with Gasteiger partial charge in [-0.25, -0.2) is 0 Å². The maximum absolute atomic E-state index is 11.8. The lowest BCUT2D eigenvalue weighted by atomic mass is 10.2. The van der Waals surface area contributed by atoms with Crippen LogP contribution in [0.3, 0.4) is 0 Å². The Morgan fingerprint density at radius 2 is 1.95 bits per heavy atom. The van der Waals surface area contributed by atoms with Crippen LogP contribution in [0.1, 0.15) is 12.0 Å². The highest BCUT2D eigenvalue weighted by Crippen LogP contribution is 2.14. The Bertz CT molecular complexity index is 430. The minimum atomic E-state index is -4.35. The van der Waals surface area contributed by atoms with Crippen molar-refractivity contribution in [2.24, 2.45) is 0 Å². The third kappa shape index (κ3) is 8.31. The molecule has 0 atom stereocenters. The van der Waals surface area contributed by atoms with E-state index in [2.05, 4.69) is 10.1 Å². The van der Waals surface area contributed by atoms with Gasteiger partial charge in [-0.1, -0.05) is 42.5 Å². The minimum absolute atomic E-state index is 0.0880. The molecule has 20 heavy (non-hydrogen) atoms. The third-order valence-corrected chi connectivity index (χ3v) is 2.27. The van der Waals surface area contributed by atoms with Crippen molar-refractivity contribution >= 4 is 12.0 Å². The van der Waals surface area contributed by atoms with Gasteiger partial charge in [-0.2, -0.15) is 13.2 Å². The predicted molar refractivity (Wildman–Crippen MR) is 70.0 cm³/mol. The molecule has 0 radical (unpaired) electrons. The fraction of sp³-hybridized carbons (Fsp3) is 0.357. The van der Waals surface area contributed by atoms with Crippen LogP contribution < -0.4 is 5.32 Å². The number of carbonyl (C=O) groups excluding carboxylic acids is 1. The van der Waals surface area contributed by atoms with Crippen molar-refractivity contribution in [1.29, 1.82) is 0 Å². The van der Waals surface area contributed by atoms with E-state index in [4.69, 9.17) is 0 Å². The van der Waals surface area contributed by atoms with Crippen LogP contribution >= 0.6 is 0 Å². The summed E-state index contributed by atoms with van der Waals surface area (Å²) in [6, 6.07) is 9.54. The maximum atomic E-state index is 11.8. The highest BCUT2D eigenvalue weighted by atomic mass is 19.4. The summed E-state index contributed by atoms with van der Waals surface area (Å²) >= 11 is 0. The van der Waals surface area contributed by atoms with Crippen molar-refractivity contribution in [3.05, 3.63) is 42.0 Å². The Labute approximate surface area is 115 Å². The van der Waals surface area contributed by atoms with Gasteiger partial charge in [0.25, 0.3) is 0 Å². The molecule has 0 aliphatic carbocycles. The topological polar surface area (TPSA) is 38.3 Å². The maximum Gasteiger partial charge on any atom is 0.411 e. The standard InChI is InChI=1S/C14H16F3NO2/c15-14(16,17)11-20-10-8-13(19)18-9-4-7-12-5-2-1-3-6-12/h1-7H,8-11H2,(H,18,19). The summed E-state index contributed by atoms with van der Waals surface area (Å²) in [7, 11) is 0. The zero-order valence-corrected chi connectivity index (χ0v) is 10.8. The largest absolute Gasteiger partial charge is 0.411 e. The van der Waals surface area contributed by atoms with Crippen LogP contribution in [-0.2, 0) is 9.53 Å². The molecule has 0 bridgehead atoms. The molecule has 1 N–H and O–H groups in total. The molecule has 3 nitrogen and oxygen atoms in total. The predicted octanol–water partition coefficient (Wildman–Crippen LogP) is 2.79. The summed E-state index contributed by atoms with van der Waals surface area (Å²) in [5.41, 5.74) is 1.01. The summed E-state index contributed by atoms with van der Waals surface area (Å²) in [6.45, 7) is -1.24. The number of benzene rings is 1. The van der Waals surface area contributed by atoms with Gasteiger partial charge in [-0.3, -0.25) is 4.79 Å². The van der Waals surface area contributed by atoms with Gasteiger partial charge < -0.3 is 10.1 Å². The van der Waals surface area contributed by atoms with Crippen molar-refractivity contribution < 1.29 is 22.7 Å². The molecule has 1 aromatic rings. The first-order valence-corrected chi connectivity index (χ1v) is 6.10. The van der Waals surface area contributed by atoms with Crippen molar-refractivity contribution in [1.82, 2.24) is 5.32 Å². The molecule has 0 saturated carbocycles. The molecule has 0 fully saturated rings. The van der Waals surface area contributed by atoms with Crippen LogP contribution in [0.15, 0.2) is 36.4 Å².